The molecule has 1 atom stereocenters. The van der Waals surface area contributed by atoms with Crippen LogP contribution >= 0.6 is 0 Å². The summed E-state index contributed by atoms with van der Waals surface area (Å²) in [7, 11) is 0. The summed E-state index contributed by atoms with van der Waals surface area (Å²) >= 11 is 0. The molecule has 0 aliphatic rings. The highest BCUT2D eigenvalue weighted by molar-refractivity contribution is 5.73. The van der Waals surface area contributed by atoms with Crippen molar-refractivity contribution in [2.45, 2.75) is 26.8 Å². The van der Waals surface area contributed by atoms with Crippen molar-refractivity contribution >= 4 is 5.91 Å². The Bertz CT molecular complexity index is 295. The number of carbonyl (C=O) groups is 1. The second-order valence-electron chi connectivity index (χ2n) is 3.70. The molecule has 0 radical (unpaired) electrons. The smallest absolute Gasteiger partial charge is 0.217 e. The van der Waals surface area contributed by atoms with Gasteiger partial charge in [-0.1, -0.05) is 13.8 Å². The number of hydrogen-bond acceptors (Lipinski definition) is 2. The van der Waals surface area contributed by atoms with Gasteiger partial charge in [0.15, 0.2) is 0 Å². The van der Waals surface area contributed by atoms with Crippen LogP contribution in [-0.4, -0.2) is 10.9 Å². The highest BCUT2D eigenvalue weighted by atomic mass is 16.1. The number of pyridine rings is 1. The Labute approximate surface area is 84.6 Å². The van der Waals surface area contributed by atoms with Crippen molar-refractivity contribution in [3.8, 4) is 0 Å². The highest BCUT2D eigenvalue weighted by Crippen LogP contribution is 2.20. The molecule has 3 heteroatoms. The van der Waals surface area contributed by atoms with Crippen LogP contribution in [0.1, 0.15) is 32.4 Å². The van der Waals surface area contributed by atoms with Crippen LogP contribution in [0.3, 0.4) is 0 Å². The summed E-state index contributed by atoms with van der Waals surface area (Å²) in [5, 5.41) is 2.93. The monoisotopic (exact) mass is 192 g/mol. The minimum Gasteiger partial charge on any atom is -0.349 e. The summed E-state index contributed by atoms with van der Waals surface area (Å²) in [4.78, 5) is 15.0. The van der Waals surface area contributed by atoms with Crippen molar-refractivity contribution in [1.29, 1.82) is 0 Å². The van der Waals surface area contributed by atoms with Crippen LogP contribution in [0.15, 0.2) is 24.5 Å². The second kappa shape index (κ2) is 4.74. The van der Waals surface area contributed by atoms with Crippen LogP contribution in [0.4, 0.5) is 0 Å². The number of nitrogens with zero attached hydrogens (tertiary/aromatic N) is 1. The van der Waals surface area contributed by atoms with E-state index in [1.807, 2.05) is 12.1 Å². The number of hydrogen-bond donors (Lipinski definition) is 1. The van der Waals surface area contributed by atoms with Gasteiger partial charge in [-0.25, -0.2) is 0 Å². The lowest BCUT2D eigenvalue weighted by atomic mass is 9.97. The minimum absolute atomic E-state index is 0.000474. The zero-order valence-corrected chi connectivity index (χ0v) is 8.82. The molecule has 76 valence electrons. The third kappa shape index (κ3) is 2.83. The number of carbonyl (C=O) groups excluding carboxylic acids is 1. The van der Waals surface area contributed by atoms with E-state index in [0.717, 1.165) is 5.56 Å². The molecular formula is C11H16N2O. The SMILES string of the molecule is CC(=O)NC(c1ccncc1)C(C)C. The van der Waals surface area contributed by atoms with E-state index in [4.69, 9.17) is 0 Å². The molecule has 3 nitrogen and oxygen atoms in total. The van der Waals surface area contributed by atoms with Gasteiger partial charge in [-0.3, -0.25) is 9.78 Å². The Morgan fingerprint density at radius 1 is 1.36 bits per heavy atom. The zero-order valence-electron chi connectivity index (χ0n) is 8.82. The summed E-state index contributed by atoms with van der Waals surface area (Å²) in [6.07, 6.45) is 3.49. The maximum Gasteiger partial charge on any atom is 0.217 e. The standard InChI is InChI=1S/C11H16N2O/c1-8(2)11(13-9(3)14)10-4-6-12-7-5-10/h4-8,11H,1-3H3,(H,13,14). The molecule has 1 aromatic rings. The Balaban J connectivity index is 2.83. The van der Waals surface area contributed by atoms with Crippen LogP contribution in [0.2, 0.25) is 0 Å². The van der Waals surface area contributed by atoms with Crippen LogP contribution in [0, 0.1) is 5.92 Å². The average molecular weight is 192 g/mol. The van der Waals surface area contributed by atoms with Crippen molar-refractivity contribution in [2.75, 3.05) is 0 Å². The van der Waals surface area contributed by atoms with Gasteiger partial charge in [0.2, 0.25) is 5.91 Å². The van der Waals surface area contributed by atoms with Gasteiger partial charge in [0.1, 0.15) is 0 Å². The summed E-state index contributed by atoms with van der Waals surface area (Å²) in [6.45, 7) is 5.71. The highest BCUT2D eigenvalue weighted by Gasteiger charge is 2.15. The molecule has 14 heavy (non-hydrogen) atoms. The first kappa shape index (κ1) is 10.7. The Kier molecular flexibility index (Phi) is 3.63. The number of rotatable bonds is 3. The fourth-order valence-corrected chi connectivity index (χ4v) is 1.42. The van der Waals surface area contributed by atoms with Crippen LogP contribution in [-0.2, 0) is 4.79 Å². The molecule has 0 fully saturated rings. The molecule has 1 rings (SSSR count). The van der Waals surface area contributed by atoms with E-state index in [1.165, 1.54) is 6.92 Å². The van der Waals surface area contributed by atoms with Gasteiger partial charge in [0.25, 0.3) is 0 Å². The molecule has 1 heterocycles. The quantitative estimate of drug-likeness (QED) is 0.795. The Morgan fingerprint density at radius 3 is 2.36 bits per heavy atom. The minimum atomic E-state index is 0.000474. The summed E-state index contributed by atoms with van der Waals surface area (Å²) in [6, 6.07) is 3.94. The number of amides is 1. The van der Waals surface area contributed by atoms with E-state index in [1.54, 1.807) is 12.4 Å². The second-order valence-corrected chi connectivity index (χ2v) is 3.70. The topological polar surface area (TPSA) is 42.0 Å². The predicted molar refractivity (Wildman–Crippen MR) is 55.6 cm³/mol. The summed E-state index contributed by atoms with van der Waals surface area (Å²) in [5.74, 6) is 0.377. The number of nitrogens with one attached hydrogen (secondary N) is 1. The molecule has 1 unspecified atom stereocenters. The lowest BCUT2D eigenvalue weighted by Crippen LogP contribution is -2.29. The van der Waals surface area contributed by atoms with Gasteiger partial charge in [-0.05, 0) is 23.6 Å². The molecule has 0 aromatic carbocycles. The van der Waals surface area contributed by atoms with Crippen LogP contribution in [0.5, 0.6) is 0 Å². The molecule has 0 saturated carbocycles. The maximum atomic E-state index is 11.0. The molecule has 0 aliphatic heterocycles. The largest absolute Gasteiger partial charge is 0.349 e. The summed E-state index contributed by atoms with van der Waals surface area (Å²) < 4.78 is 0. The Hall–Kier alpha value is -1.38. The third-order valence-electron chi connectivity index (χ3n) is 2.09. The van der Waals surface area contributed by atoms with Crippen LogP contribution in [0.25, 0.3) is 0 Å². The van der Waals surface area contributed by atoms with Crippen LogP contribution < -0.4 is 5.32 Å². The molecule has 0 bridgehead atoms. The van der Waals surface area contributed by atoms with Gasteiger partial charge >= 0.3 is 0 Å². The Morgan fingerprint density at radius 2 is 1.93 bits per heavy atom. The predicted octanol–water partition coefficient (Wildman–Crippen LogP) is 1.91. The van der Waals surface area contributed by atoms with E-state index in [-0.39, 0.29) is 11.9 Å². The van der Waals surface area contributed by atoms with Crippen molar-refractivity contribution in [3.63, 3.8) is 0 Å². The van der Waals surface area contributed by atoms with E-state index >= 15 is 0 Å². The van der Waals surface area contributed by atoms with E-state index < -0.39 is 0 Å². The fourth-order valence-electron chi connectivity index (χ4n) is 1.42. The van der Waals surface area contributed by atoms with E-state index in [2.05, 4.69) is 24.1 Å². The molecule has 0 saturated heterocycles. The van der Waals surface area contributed by atoms with Gasteiger partial charge < -0.3 is 5.32 Å². The average Bonchev–Trinajstić information content (AvgIpc) is 2.15. The van der Waals surface area contributed by atoms with E-state index in [9.17, 15) is 4.79 Å². The van der Waals surface area contributed by atoms with Crippen molar-refractivity contribution in [2.24, 2.45) is 5.92 Å². The molecule has 0 aliphatic carbocycles. The van der Waals surface area contributed by atoms with Gasteiger partial charge in [-0.2, -0.15) is 0 Å². The molecule has 1 N–H and O–H groups in total. The first-order chi connectivity index (χ1) is 6.61. The van der Waals surface area contributed by atoms with Gasteiger partial charge in [-0.15, -0.1) is 0 Å². The molecule has 1 amide bonds. The van der Waals surface area contributed by atoms with E-state index in [0.29, 0.717) is 5.92 Å². The first-order valence-corrected chi connectivity index (χ1v) is 4.78. The van der Waals surface area contributed by atoms with Gasteiger partial charge in [0.05, 0.1) is 6.04 Å². The number of aromatic nitrogens is 1. The normalized spacial score (nSPS) is 12.6. The van der Waals surface area contributed by atoms with Crippen molar-refractivity contribution in [1.82, 2.24) is 10.3 Å². The molecule has 0 spiro atoms. The van der Waals surface area contributed by atoms with Crippen molar-refractivity contribution < 1.29 is 4.79 Å². The molecule has 1 aromatic heterocycles. The molecular weight excluding hydrogens is 176 g/mol. The van der Waals surface area contributed by atoms with Gasteiger partial charge in [0, 0.05) is 19.3 Å². The zero-order chi connectivity index (χ0) is 10.6. The third-order valence-corrected chi connectivity index (χ3v) is 2.09. The first-order valence-electron chi connectivity index (χ1n) is 4.78. The lowest BCUT2D eigenvalue weighted by Gasteiger charge is -2.21. The fraction of sp³-hybridized carbons (Fsp3) is 0.455. The summed E-state index contributed by atoms with van der Waals surface area (Å²) in [5.41, 5.74) is 1.10. The lowest BCUT2D eigenvalue weighted by molar-refractivity contribution is -0.120. The maximum absolute atomic E-state index is 11.0. The van der Waals surface area contributed by atoms with Crippen molar-refractivity contribution in [3.05, 3.63) is 30.1 Å².